The fraction of sp³-hybridized carbons (Fsp3) is 0.364. The summed E-state index contributed by atoms with van der Waals surface area (Å²) >= 11 is 0. The van der Waals surface area contributed by atoms with E-state index in [1.54, 1.807) is 0 Å². The highest BCUT2D eigenvalue weighted by Crippen LogP contribution is 2.26. The Morgan fingerprint density at radius 3 is 2.47 bits per heavy atom. The first kappa shape index (κ1) is 13.3. The lowest BCUT2D eigenvalue weighted by Gasteiger charge is -2.44. The van der Waals surface area contributed by atoms with E-state index in [4.69, 9.17) is 0 Å². The molecule has 0 radical (unpaired) electrons. The van der Waals surface area contributed by atoms with E-state index in [1.165, 1.54) is 6.92 Å². The molecule has 1 aromatic carbocycles. The van der Waals surface area contributed by atoms with Crippen molar-refractivity contribution in [3.63, 3.8) is 0 Å². The molecular formula is C11H10F2N2O4. The maximum absolute atomic E-state index is 13.5. The Bertz CT molecular complexity index is 566. The molecule has 2 rings (SSSR count). The first-order valence-corrected chi connectivity index (χ1v) is 5.36. The molecular weight excluding hydrogens is 262 g/mol. The number of aliphatic hydroxyl groups is 1. The van der Waals surface area contributed by atoms with Gasteiger partial charge in [-0.25, -0.2) is 4.39 Å². The zero-order valence-electron chi connectivity index (χ0n) is 9.89. The van der Waals surface area contributed by atoms with E-state index in [9.17, 15) is 28.8 Å². The summed E-state index contributed by atoms with van der Waals surface area (Å²) < 4.78 is 26.6. The van der Waals surface area contributed by atoms with Gasteiger partial charge in [-0.3, -0.25) is 14.9 Å². The number of benzene rings is 1. The van der Waals surface area contributed by atoms with Crippen molar-refractivity contribution >= 4 is 11.6 Å². The van der Waals surface area contributed by atoms with Crippen molar-refractivity contribution in [2.24, 2.45) is 0 Å². The molecule has 0 aromatic heterocycles. The summed E-state index contributed by atoms with van der Waals surface area (Å²) in [5, 5.41) is 20.0. The molecule has 0 spiro atoms. The van der Waals surface area contributed by atoms with Gasteiger partial charge in [-0.2, -0.15) is 4.39 Å². The summed E-state index contributed by atoms with van der Waals surface area (Å²) in [6, 6.07) is 0.878. The first-order chi connectivity index (χ1) is 8.71. The Morgan fingerprint density at radius 2 is 2.00 bits per heavy atom. The molecule has 0 unspecified atom stereocenters. The van der Waals surface area contributed by atoms with Crippen molar-refractivity contribution in [3.8, 4) is 0 Å². The summed E-state index contributed by atoms with van der Waals surface area (Å²) in [6.45, 7) is 1.49. The molecule has 102 valence electrons. The number of nitrogens with zero attached hydrogens (tertiary/aromatic N) is 2. The Morgan fingerprint density at radius 1 is 1.42 bits per heavy atom. The van der Waals surface area contributed by atoms with Crippen LogP contribution >= 0.6 is 0 Å². The zero-order chi connectivity index (χ0) is 14.4. The fourth-order valence-electron chi connectivity index (χ4n) is 1.93. The number of rotatable bonds is 2. The van der Waals surface area contributed by atoms with Crippen LogP contribution < -0.4 is 0 Å². The number of likely N-dealkylation sites (tertiary alicyclic amines) is 1. The maximum Gasteiger partial charge on any atom is 0.305 e. The molecule has 1 aliphatic heterocycles. The summed E-state index contributed by atoms with van der Waals surface area (Å²) in [7, 11) is 0. The second kappa shape index (κ2) is 4.23. The number of nitro benzene ring substituents is 1. The van der Waals surface area contributed by atoms with Gasteiger partial charge in [0.25, 0.3) is 5.91 Å². The number of amides is 1. The molecule has 1 saturated heterocycles. The SMILES string of the molecule is CC1(O)CN(C(=O)c2cc([N+](=O)[O-])c(F)cc2F)C1. The van der Waals surface area contributed by atoms with Gasteiger partial charge in [-0.05, 0) is 6.92 Å². The minimum absolute atomic E-state index is 0.00352. The van der Waals surface area contributed by atoms with Crippen LogP contribution in [0, 0.1) is 21.7 Å². The van der Waals surface area contributed by atoms with E-state index in [2.05, 4.69) is 0 Å². The number of nitro groups is 1. The summed E-state index contributed by atoms with van der Waals surface area (Å²) in [4.78, 5) is 22.5. The number of hydrogen-bond acceptors (Lipinski definition) is 4. The highest BCUT2D eigenvalue weighted by Gasteiger charge is 2.40. The molecule has 1 amide bonds. The lowest BCUT2D eigenvalue weighted by atomic mass is 9.95. The third-order valence-corrected chi connectivity index (χ3v) is 2.81. The third kappa shape index (κ3) is 2.39. The topological polar surface area (TPSA) is 83.7 Å². The average molecular weight is 272 g/mol. The monoisotopic (exact) mass is 272 g/mol. The van der Waals surface area contributed by atoms with Crippen molar-refractivity contribution in [2.45, 2.75) is 12.5 Å². The predicted octanol–water partition coefficient (Wildman–Crippen LogP) is 1.08. The van der Waals surface area contributed by atoms with Gasteiger partial charge in [0.2, 0.25) is 5.82 Å². The van der Waals surface area contributed by atoms with Gasteiger partial charge < -0.3 is 10.0 Å². The summed E-state index contributed by atoms with van der Waals surface area (Å²) in [5.41, 5.74) is -2.58. The van der Waals surface area contributed by atoms with Crippen LogP contribution in [0.1, 0.15) is 17.3 Å². The van der Waals surface area contributed by atoms with Crippen LogP contribution in [-0.2, 0) is 0 Å². The van der Waals surface area contributed by atoms with Gasteiger partial charge in [-0.1, -0.05) is 0 Å². The average Bonchev–Trinajstić information content (AvgIpc) is 2.24. The predicted molar refractivity (Wildman–Crippen MR) is 59.5 cm³/mol. The van der Waals surface area contributed by atoms with E-state index in [0.29, 0.717) is 12.1 Å². The van der Waals surface area contributed by atoms with Crippen LogP contribution in [0.15, 0.2) is 12.1 Å². The molecule has 19 heavy (non-hydrogen) atoms. The molecule has 6 nitrogen and oxygen atoms in total. The number of carbonyl (C=O) groups is 1. The van der Waals surface area contributed by atoms with Crippen molar-refractivity contribution in [2.75, 3.05) is 13.1 Å². The van der Waals surface area contributed by atoms with Crippen molar-refractivity contribution < 1.29 is 23.6 Å². The number of carbonyl (C=O) groups excluding carboxylic acids is 1. The van der Waals surface area contributed by atoms with Crippen LogP contribution in [0.4, 0.5) is 14.5 Å². The Labute approximate surface area is 106 Å². The molecule has 1 N–H and O–H groups in total. The largest absolute Gasteiger partial charge is 0.386 e. The molecule has 1 heterocycles. The normalized spacial score (nSPS) is 16.9. The first-order valence-electron chi connectivity index (χ1n) is 5.36. The molecule has 1 fully saturated rings. The standard InChI is InChI=1S/C11H10F2N2O4/c1-11(17)4-14(5-11)10(16)6-2-9(15(18)19)8(13)3-7(6)12/h2-3,17H,4-5H2,1H3. The molecule has 1 aliphatic rings. The Balaban J connectivity index is 2.32. The van der Waals surface area contributed by atoms with E-state index in [-0.39, 0.29) is 13.1 Å². The molecule has 0 aliphatic carbocycles. The van der Waals surface area contributed by atoms with Crippen LogP contribution in [0.25, 0.3) is 0 Å². The molecule has 8 heteroatoms. The summed E-state index contributed by atoms with van der Waals surface area (Å²) in [6.07, 6.45) is 0. The van der Waals surface area contributed by atoms with Gasteiger partial charge in [0, 0.05) is 12.1 Å². The lowest BCUT2D eigenvalue weighted by molar-refractivity contribution is -0.387. The zero-order valence-corrected chi connectivity index (χ0v) is 9.89. The van der Waals surface area contributed by atoms with Gasteiger partial charge in [0.15, 0.2) is 0 Å². The Kier molecular flexibility index (Phi) is 2.97. The van der Waals surface area contributed by atoms with Gasteiger partial charge in [0.1, 0.15) is 5.82 Å². The second-order valence-corrected chi connectivity index (χ2v) is 4.70. The van der Waals surface area contributed by atoms with Crippen LogP contribution in [0.3, 0.4) is 0 Å². The highest BCUT2D eigenvalue weighted by atomic mass is 19.1. The maximum atomic E-state index is 13.5. The van der Waals surface area contributed by atoms with Crippen molar-refractivity contribution in [3.05, 3.63) is 39.4 Å². The number of β-amino-alcohol motifs (C(OH)–C–C–N with tert-alkyl or cyclic N) is 1. The molecule has 1 aromatic rings. The van der Waals surface area contributed by atoms with Gasteiger partial charge in [-0.15, -0.1) is 0 Å². The van der Waals surface area contributed by atoms with Gasteiger partial charge >= 0.3 is 5.69 Å². The Hall–Kier alpha value is -2.09. The minimum Gasteiger partial charge on any atom is -0.386 e. The molecule has 0 bridgehead atoms. The highest BCUT2D eigenvalue weighted by molar-refractivity contribution is 5.95. The number of halogens is 2. The van der Waals surface area contributed by atoms with Gasteiger partial charge in [0.05, 0.1) is 29.2 Å². The minimum atomic E-state index is -1.34. The van der Waals surface area contributed by atoms with E-state index < -0.39 is 39.3 Å². The van der Waals surface area contributed by atoms with E-state index >= 15 is 0 Å². The molecule has 0 atom stereocenters. The smallest absolute Gasteiger partial charge is 0.305 e. The fourth-order valence-corrected chi connectivity index (χ4v) is 1.93. The van der Waals surface area contributed by atoms with Crippen LogP contribution in [-0.4, -0.2) is 39.5 Å². The van der Waals surface area contributed by atoms with Crippen molar-refractivity contribution in [1.29, 1.82) is 0 Å². The lowest BCUT2D eigenvalue weighted by Crippen LogP contribution is -2.61. The molecule has 0 saturated carbocycles. The third-order valence-electron chi connectivity index (χ3n) is 2.81. The van der Waals surface area contributed by atoms with E-state index in [0.717, 1.165) is 4.90 Å². The summed E-state index contributed by atoms with van der Waals surface area (Å²) in [5.74, 6) is -3.32. The van der Waals surface area contributed by atoms with Crippen LogP contribution in [0.2, 0.25) is 0 Å². The van der Waals surface area contributed by atoms with Crippen LogP contribution in [0.5, 0.6) is 0 Å². The number of hydrogen-bond donors (Lipinski definition) is 1. The van der Waals surface area contributed by atoms with E-state index in [1.807, 2.05) is 0 Å². The second-order valence-electron chi connectivity index (χ2n) is 4.70. The quantitative estimate of drug-likeness (QED) is 0.645. The van der Waals surface area contributed by atoms with Crippen molar-refractivity contribution in [1.82, 2.24) is 4.90 Å².